The molecule has 3 aliphatic rings. The molecule has 104 valence electrons. The van der Waals surface area contributed by atoms with Gasteiger partial charge in [-0.3, -0.25) is 0 Å². The zero-order valence-electron chi connectivity index (χ0n) is 11.4. The smallest absolute Gasteiger partial charge is 0.0687 e. The number of hydrogen-bond acceptors (Lipinski definition) is 2. The predicted octanol–water partition coefficient (Wildman–Crippen LogP) is 3.90. The molecule has 3 rings (SSSR count). The predicted molar refractivity (Wildman–Crippen MR) is 73.1 cm³/mol. The standard InChI is InChI=1S/C15H25ClO2/c1-12-14(11-16,8-9-17-12)10-13-4-7-15(18-13)5-2-3-6-15/h12-13H,2-11H2,1H3. The van der Waals surface area contributed by atoms with Gasteiger partial charge in [-0.05, 0) is 45.4 Å². The molecule has 0 amide bonds. The van der Waals surface area contributed by atoms with E-state index in [1.54, 1.807) is 0 Å². The maximum Gasteiger partial charge on any atom is 0.0687 e. The van der Waals surface area contributed by atoms with Crippen molar-refractivity contribution in [3.05, 3.63) is 0 Å². The highest BCUT2D eigenvalue weighted by Gasteiger charge is 2.48. The molecule has 0 aromatic heterocycles. The Hall–Kier alpha value is 0.210. The number of ether oxygens (including phenoxy) is 2. The number of hydrogen-bond donors (Lipinski definition) is 0. The molecule has 1 saturated carbocycles. The zero-order valence-corrected chi connectivity index (χ0v) is 12.2. The van der Waals surface area contributed by atoms with Crippen LogP contribution >= 0.6 is 11.6 Å². The van der Waals surface area contributed by atoms with Gasteiger partial charge in [0, 0.05) is 17.9 Å². The van der Waals surface area contributed by atoms with Gasteiger partial charge in [0.1, 0.15) is 0 Å². The van der Waals surface area contributed by atoms with Gasteiger partial charge >= 0.3 is 0 Å². The maximum absolute atomic E-state index is 6.43. The molecule has 2 heterocycles. The molecule has 3 heteroatoms. The van der Waals surface area contributed by atoms with E-state index in [1.807, 2.05) is 0 Å². The summed E-state index contributed by atoms with van der Waals surface area (Å²) < 4.78 is 12.2. The monoisotopic (exact) mass is 272 g/mol. The fraction of sp³-hybridized carbons (Fsp3) is 1.00. The van der Waals surface area contributed by atoms with Crippen LogP contribution in [0.4, 0.5) is 0 Å². The van der Waals surface area contributed by atoms with Gasteiger partial charge in [0.2, 0.25) is 0 Å². The normalized spacial score (nSPS) is 43.0. The lowest BCUT2D eigenvalue weighted by molar-refractivity contribution is -0.0583. The molecule has 0 aromatic rings. The summed E-state index contributed by atoms with van der Waals surface area (Å²) in [7, 11) is 0. The first-order valence-corrected chi connectivity index (χ1v) is 8.07. The molecule has 2 nitrogen and oxygen atoms in total. The molecular weight excluding hydrogens is 248 g/mol. The van der Waals surface area contributed by atoms with Gasteiger partial charge in [-0.15, -0.1) is 11.6 Å². The van der Waals surface area contributed by atoms with Gasteiger partial charge in [0.25, 0.3) is 0 Å². The van der Waals surface area contributed by atoms with Crippen LogP contribution in [0.5, 0.6) is 0 Å². The van der Waals surface area contributed by atoms with Crippen LogP contribution in [0.15, 0.2) is 0 Å². The Bertz CT molecular complexity index is 301. The Morgan fingerprint density at radius 3 is 2.56 bits per heavy atom. The Balaban J connectivity index is 1.63. The first-order valence-electron chi connectivity index (χ1n) is 7.54. The zero-order chi connectivity index (χ0) is 12.6. The Labute approximate surface area is 115 Å². The topological polar surface area (TPSA) is 18.5 Å². The third-order valence-electron chi connectivity index (χ3n) is 5.58. The van der Waals surface area contributed by atoms with Crippen LogP contribution in [-0.4, -0.2) is 30.3 Å². The van der Waals surface area contributed by atoms with Crippen molar-refractivity contribution in [2.75, 3.05) is 12.5 Å². The molecule has 0 N–H and O–H groups in total. The lowest BCUT2D eigenvalue weighted by Gasteiger charge is -2.33. The summed E-state index contributed by atoms with van der Waals surface area (Å²) in [6.07, 6.45) is 10.7. The fourth-order valence-electron chi connectivity index (χ4n) is 4.20. The highest BCUT2D eigenvalue weighted by molar-refractivity contribution is 6.18. The van der Waals surface area contributed by atoms with Crippen molar-refractivity contribution in [3.63, 3.8) is 0 Å². The van der Waals surface area contributed by atoms with E-state index in [0.29, 0.717) is 18.1 Å². The second kappa shape index (κ2) is 4.96. The van der Waals surface area contributed by atoms with Crippen molar-refractivity contribution in [1.82, 2.24) is 0 Å². The fourth-order valence-corrected chi connectivity index (χ4v) is 4.66. The molecule has 3 unspecified atom stereocenters. The molecule has 1 aliphatic carbocycles. The lowest BCUT2D eigenvalue weighted by Crippen LogP contribution is -2.35. The quantitative estimate of drug-likeness (QED) is 0.726. The van der Waals surface area contributed by atoms with Gasteiger partial charge in [0.05, 0.1) is 17.8 Å². The van der Waals surface area contributed by atoms with Gasteiger partial charge in [0.15, 0.2) is 0 Å². The summed E-state index contributed by atoms with van der Waals surface area (Å²) in [6.45, 7) is 3.04. The van der Waals surface area contributed by atoms with Gasteiger partial charge < -0.3 is 9.47 Å². The number of halogens is 1. The van der Waals surface area contributed by atoms with E-state index in [-0.39, 0.29) is 11.0 Å². The van der Waals surface area contributed by atoms with Crippen LogP contribution in [0.25, 0.3) is 0 Å². The molecule has 3 atom stereocenters. The average molecular weight is 273 g/mol. The second-order valence-corrected chi connectivity index (χ2v) is 6.90. The first-order chi connectivity index (χ1) is 8.68. The molecule has 0 radical (unpaired) electrons. The Morgan fingerprint density at radius 2 is 1.94 bits per heavy atom. The van der Waals surface area contributed by atoms with E-state index in [4.69, 9.17) is 21.1 Å². The van der Waals surface area contributed by atoms with Crippen LogP contribution in [0.1, 0.15) is 58.3 Å². The molecule has 2 aliphatic heterocycles. The van der Waals surface area contributed by atoms with Crippen LogP contribution in [0.3, 0.4) is 0 Å². The molecular formula is C15H25ClO2. The van der Waals surface area contributed by atoms with Gasteiger partial charge in [-0.25, -0.2) is 0 Å². The van der Waals surface area contributed by atoms with E-state index < -0.39 is 0 Å². The molecule has 3 fully saturated rings. The number of alkyl halides is 1. The van der Waals surface area contributed by atoms with E-state index >= 15 is 0 Å². The third kappa shape index (κ3) is 2.21. The molecule has 2 saturated heterocycles. The van der Waals surface area contributed by atoms with Crippen LogP contribution in [-0.2, 0) is 9.47 Å². The second-order valence-electron chi connectivity index (χ2n) is 6.63. The van der Waals surface area contributed by atoms with E-state index in [2.05, 4.69) is 6.92 Å². The van der Waals surface area contributed by atoms with Crippen molar-refractivity contribution in [2.24, 2.45) is 5.41 Å². The molecule has 0 bridgehead atoms. The van der Waals surface area contributed by atoms with Crippen LogP contribution < -0.4 is 0 Å². The highest BCUT2D eigenvalue weighted by atomic mass is 35.5. The minimum atomic E-state index is 0.163. The van der Waals surface area contributed by atoms with Gasteiger partial charge in [-0.1, -0.05) is 12.8 Å². The van der Waals surface area contributed by atoms with Crippen LogP contribution in [0.2, 0.25) is 0 Å². The van der Waals surface area contributed by atoms with Crippen molar-refractivity contribution >= 4 is 11.6 Å². The highest BCUT2D eigenvalue weighted by Crippen LogP contribution is 2.48. The molecule has 18 heavy (non-hydrogen) atoms. The summed E-state index contributed by atoms with van der Waals surface area (Å²) in [6, 6.07) is 0. The van der Waals surface area contributed by atoms with E-state index in [9.17, 15) is 0 Å². The van der Waals surface area contributed by atoms with Gasteiger partial charge in [-0.2, -0.15) is 0 Å². The van der Waals surface area contributed by atoms with E-state index in [0.717, 1.165) is 19.4 Å². The first kappa shape index (κ1) is 13.2. The third-order valence-corrected chi connectivity index (χ3v) is 6.12. The summed E-state index contributed by atoms with van der Waals surface area (Å²) in [4.78, 5) is 0. The summed E-state index contributed by atoms with van der Waals surface area (Å²) in [5.41, 5.74) is 0.414. The average Bonchev–Trinajstić information content (AvgIpc) is 3.06. The Morgan fingerprint density at radius 1 is 1.17 bits per heavy atom. The largest absolute Gasteiger partial charge is 0.378 e. The maximum atomic E-state index is 6.43. The van der Waals surface area contributed by atoms with Crippen molar-refractivity contribution in [1.29, 1.82) is 0 Å². The minimum Gasteiger partial charge on any atom is -0.378 e. The van der Waals surface area contributed by atoms with Crippen LogP contribution in [0, 0.1) is 5.41 Å². The summed E-state index contributed by atoms with van der Waals surface area (Å²) >= 11 is 6.25. The molecule has 1 spiro atoms. The Kier molecular flexibility index (Phi) is 3.64. The van der Waals surface area contributed by atoms with E-state index in [1.165, 1.54) is 38.5 Å². The van der Waals surface area contributed by atoms with Crippen molar-refractivity contribution in [2.45, 2.75) is 76.1 Å². The summed E-state index contributed by atoms with van der Waals surface area (Å²) in [5.74, 6) is 0.709. The minimum absolute atomic E-state index is 0.163. The molecule has 0 aromatic carbocycles. The summed E-state index contributed by atoms with van der Waals surface area (Å²) in [5, 5.41) is 0. The lowest BCUT2D eigenvalue weighted by atomic mass is 9.78. The SMILES string of the molecule is CC1OCCC1(CCl)CC1CCC2(CCCC2)O1. The number of rotatable bonds is 3. The van der Waals surface area contributed by atoms with Crippen molar-refractivity contribution < 1.29 is 9.47 Å². The van der Waals surface area contributed by atoms with Crippen molar-refractivity contribution in [3.8, 4) is 0 Å².